The van der Waals surface area contributed by atoms with Gasteiger partial charge in [-0.2, -0.15) is 0 Å². The van der Waals surface area contributed by atoms with Crippen LogP contribution in [-0.4, -0.2) is 30.2 Å². The minimum atomic E-state index is -0.249. The topological polar surface area (TPSA) is 46.6 Å². The first-order valence-electron chi connectivity index (χ1n) is 6.66. The lowest BCUT2D eigenvalue weighted by Crippen LogP contribution is -2.29. The molecule has 2 rings (SSSR count). The Balaban J connectivity index is 2.12. The number of nitrogens with zero attached hydrogens (tertiary/aromatic N) is 1. The molecule has 0 bridgehead atoms. The van der Waals surface area contributed by atoms with Crippen LogP contribution < -0.4 is 4.74 Å². The van der Waals surface area contributed by atoms with Crippen molar-refractivity contribution in [3.05, 3.63) is 42.5 Å². The van der Waals surface area contributed by atoms with Crippen molar-refractivity contribution in [1.82, 2.24) is 4.90 Å². The molecule has 4 heteroatoms. The lowest BCUT2D eigenvalue weighted by Gasteiger charge is -2.25. The van der Waals surface area contributed by atoms with Gasteiger partial charge in [-0.15, -0.1) is 0 Å². The number of ether oxygens (including phenoxy) is 1. The van der Waals surface area contributed by atoms with Gasteiger partial charge >= 0.3 is 0 Å². The first-order valence-corrected chi connectivity index (χ1v) is 6.66. The van der Waals surface area contributed by atoms with Crippen molar-refractivity contribution in [3.8, 4) is 5.75 Å². The Morgan fingerprint density at radius 2 is 2.10 bits per heavy atom. The number of hydrogen-bond donors (Lipinski definition) is 0. The van der Waals surface area contributed by atoms with Gasteiger partial charge in [0.25, 0.3) is 0 Å². The van der Waals surface area contributed by atoms with Crippen LogP contribution in [0.4, 0.5) is 0 Å². The second-order valence-electron chi connectivity index (χ2n) is 5.00. The molecule has 1 amide bonds. The highest BCUT2D eigenvalue weighted by atomic mass is 16.5. The Labute approximate surface area is 119 Å². The van der Waals surface area contributed by atoms with Gasteiger partial charge in [0.05, 0.1) is 13.2 Å². The van der Waals surface area contributed by atoms with Crippen LogP contribution in [0.1, 0.15) is 24.9 Å². The normalized spacial score (nSPS) is 19.8. The highest BCUT2D eigenvalue weighted by molar-refractivity contribution is 5.96. The summed E-state index contributed by atoms with van der Waals surface area (Å²) >= 11 is 0. The van der Waals surface area contributed by atoms with Crippen LogP contribution in [0.3, 0.4) is 0 Å². The summed E-state index contributed by atoms with van der Waals surface area (Å²) in [6.45, 7) is 5.93. The third-order valence-corrected chi connectivity index (χ3v) is 3.83. The van der Waals surface area contributed by atoms with Crippen molar-refractivity contribution in [1.29, 1.82) is 0 Å². The molecule has 0 radical (unpaired) electrons. The number of benzene rings is 1. The van der Waals surface area contributed by atoms with Gasteiger partial charge in [-0.05, 0) is 30.7 Å². The molecular formula is C16H19NO3. The van der Waals surface area contributed by atoms with Crippen LogP contribution in [0, 0.1) is 5.92 Å². The van der Waals surface area contributed by atoms with E-state index < -0.39 is 0 Å². The summed E-state index contributed by atoms with van der Waals surface area (Å²) in [5, 5.41) is 0. The number of ketones is 1. The average molecular weight is 273 g/mol. The first-order chi connectivity index (χ1) is 9.56. The van der Waals surface area contributed by atoms with Crippen molar-refractivity contribution < 1.29 is 14.3 Å². The summed E-state index contributed by atoms with van der Waals surface area (Å²) in [5.74, 6) is 0.505. The van der Waals surface area contributed by atoms with Crippen molar-refractivity contribution in [2.45, 2.75) is 19.4 Å². The molecule has 1 heterocycles. The van der Waals surface area contributed by atoms with Gasteiger partial charge < -0.3 is 9.64 Å². The molecule has 0 aromatic heterocycles. The van der Waals surface area contributed by atoms with Crippen LogP contribution in [0.5, 0.6) is 5.75 Å². The zero-order valence-electron chi connectivity index (χ0n) is 11.8. The smallest absolute Gasteiger partial charge is 0.223 e. The van der Waals surface area contributed by atoms with E-state index in [1.54, 1.807) is 12.0 Å². The summed E-state index contributed by atoms with van der Waals surface area (Å²) in [4.78, 5) is 25.4. The maximum Gasteiger partial charge on any atom is 0.223 e. The molecule has 20 heavy (non-hydrogen) atoms. The zero-order chi connectivity index (χ0) is 14.7. The molecule has 1 aliphatic rings. The molecule has 4 nitrogen and oxygen atoms in total. The fourth-order valence-electron chi connectivity index (χ4n) is 2.53. The average Bonchev–Trinajstić information content (AvgIpc) is 2.87. The molecule has 106 valence electrons. The third-order valence-electron chi connectivity index (χ3n) is 3.83. The second-order valence-corrected chi connectivity index (χ2v) is 5.00. The van der Waals surface area contributed by atoms with Crippen LogP contribution in [0.25, 0.3) is 0 Å². The highest BCUT2D eigenvalue weighted by Crippen LogP contribution is 2.29. The van der Waals surface area contributed by atoms with Gasteiger partial charge in [0.1, 0.15) is 5.75 Å². The van der Waals surface area contributed by atoms with E-state index in [0.717, 1.165) is 11.3 Å². The Hall–Kier alpha value is -2.10. The fraction of sp³-hybridized carbons (Fsp3) is 0.375. The lowest BCUT2D eigenvalue weighted by molar-refractivity contribution is -0.129. The minimum Gasteiger partial charge on any atom is -0.497 e. The van der Waals surface area contributed by atoms with E-state index in [-0.39, 0.29) is 30.1 Å². The SMILES string of the molecule is C=CC(=O)[C@@H]1CC(=O)N([C@H](C)c2ccc(OC)cc2)C1. The predicted molar refractivity (Wildman–Crippen MR) is 76.4 cm³/mol. The van der Waals surface area contributed by atoms with Crippen LogP contribution in [0.2, 0.25) is 0 Å². The Morgan fingerprint density at radius 3 is 2.65 bits per heavy atom. The van der Waals surface area contributed by atoms with Crippen molar-refractivity contribution in [2.24, 2.45) is 5.92 Å². The number of amides is 1. The third kappa shape index (κ3) is 2.74. The molecule has 0 spiro atoms. The van der Waals surface area contributed by atoms with E-state index in [9.17, 15) is 9.59 Å². The molecule has 2 atom stereocenters. The fourth-order valence-corrected chi connectivity index (χ4v) is 2.53. The maximum atomic E-state index is 12.1. The molecule has 1 fully saturated rings. The van der Waals surface area contributed by atoms with Gasteiger partial charge in [-0.25, -0.2) is 0 Å². The summed E-state index contributed by atoms with van der Waals surface area (Å²) in [6, 6.07) is 7.59. The Morgan fingerprint density at radius 1 is 1.45 bits per heavy atom. The first kappa shape index (κ1) is 14.3. The highest BCUT2D eigenvalue weighted by Gasteiger charge is 2.35. The number of hydrogen-bond acceptors (Lipinski definition) is 3. The quantitative estimate of drug-likeness (QED) is 0.774. The number of carbonyl (C=O) groups is 2. The maximum absolute atomic E-state index is 12.1. The number of allylic oxidation sites excluding steroid dienone is 1. The van der Waals surface area contributed by atoms with Gasteiger partial charge in [0, 0.05) is 18.9 Å². The number of rotatable bonds is 5. The van der Waals surface area contributed by atoms with E-state index in [0.29, 0.717) is 6.54 Å². The molecule has 1 aromatic carbocycles. The summed E-state index contributed by atoms with van der Waals surface area (Å²) in [5.41, 5.74) is 1.03. The lowest BCUT2D eigenvalue weighted by atomic mass is 10.0. The van der Waals surface area contributed by atoms with Crippen LogP contribution >= 0.6 is 0 Å². The minimum absolute atomic E-state index is 0.0218. The summed E-state index contributed by atoms with van der Waals surface area (Å²) in [6.07, 6.45) is 1.59. The Bertz CT molecular complexity index is 521. The molecule has 0 N–H and O–H groups in total. The van der Waals surface area contributed by atoms with E-state index in [1.807, 2.05) is 31.2 Å². The van der Waals surface area contributed by atoms with Crippen molar-refractivity contribution in [2.75, 3.05) is 13.7 Å². The zero-order valence-corrected chi connectivity index (χ0v) is 11.8. The van der Waals surface area contributed by atoms with E-state index in [2.05, 4.69) is 6.58 Å². The summed E-state index contributed by atoms with van der Waals surface area (Å²) in [7, 11) is 1.62. The molecule has 1 saturated heterocycles. The van der Waals surface area contributed by atoms with Crippen LogP contribution in [0.15, 0.2) is 36.9 Å². The number of methoxy groups -OCH3 is 1. The predicted octanol–water partition coefficient (Wildman–Crippen LogP) is 2.36. The Kier molecular flexibility index (Phi) is 4.23. The van der Waals surface area contributed by atoms with E-state index >= 15 is 0 Å². The van der Waals surface area contributed by atoms with Gasteiger partial charge in [0.2, 0.25) is 5.91 Å². The molecular weight excluding hydrogens is 254 g/mol. The van der Waals surface area contributed by atoms with Crippen LogP contribution in [-0.2, 0) is 9.59 Å². The molecule has 0 unspecified atom stereocenters. The number of likely N-dealkylation sites (tertiary alicyclic amines) is 1. The number of carbonyl (C=O) groups excluding carboxylic acids is 2. The van der Waals surface area contributed by atoms with Gasteiger partial charge in [-0.1, -0.05) is 18.7 Å². The standard InChI is InChI=1S/C16H19NO3/c1-4-15(18)13-9-16(19)17(10-13)11(2)12-5-7-14(20-3)8-6-12/h4-8,11,13H,1,9-10H2,2-3H3/t11-,13-/m1/s1. The molecule has 0 saturated carbocycles. The van der Waals surface area contributed by atoms with Gasteiger partial charge in [0.15, 0.2) is 5.78 Å². The van der Waals surface area contributed by atoms with Gasteiger partial charge in [-0.3, -0.25) is 9.59 Å². The summed E-state index contributed by atoms with van der Waals surface area (Å²) < 4.78 is 5.12. The monoisotopic (exact) mass is 273 g/mol. The molecule has 0 aliphatic carbocycles. The van der Waals surface area contributed by atoms with E-state index in [4.69, 9.17) is 4.74 Å². The molecule has 1 aliphatic heterocycles. The van der Waals surface area contributed by atoms with Crippen molar-refractivity contribution >= 4 is 11.7 Å². The second kappa shape index (κ2) is 5.90. The molecule has 1 aromatic rings. The largest absolute Gasteiger partial charge is 0.497 e. The van der Waals surface area contributed by atoms with E-state index in [1.165, 1.54) is 6.08 Å². The van der Waals surface area contributed by atoms with Crippen molar-refractivity contribution in [3.63, 3.8) is 0 Å².